The molecule has 7 heteroatoms. The summed E-state index contributed by atoms with van der Waals surface area (Å²) in [7, 11) is -3.73. The highest BCUT2D eigenvalue weighted by Crippen LogP contribution is 2.19. The van der Waals surface area contributed by atoms with Gasteiger partial charge in [0.05, 0.1) is 11.0 Å². The number of aryl methyl sites for hydroxylation is 1. The highest BCUT2D eigenvalue weighted by atomic mass is 32.2. The van der Waals surface area contributed by atoms with E-state index in [0.29, 0.717) is 17.1 Å². The minimum atomic E-state index is -3.73. The van der Waals surface area contributed by atoms with Crippen molar-refractivity contribution in [3.05, 3.63) is 59.7 Å². The molecule has 0 aliphatic rings. The molecule has 0 fully saturated rings. The smallest absolute Gasteiger partial charge is 0.238 e. The molecule has 1 atom stereocenters. The number of nitriles is 1. The third-order valence-corrected chi connectivity index (χ3v) is 5.08. The van der Waals surface area contributed by atoms with Crippen molar-refractivity contribution in [2.24, 2.45) is 9.50 Å². The maximum atomic E-state index is 11.2. The number of benzene rings is 2. The van der Waals surface area contributed by atoms with Crippen molar-refractivity contribution in [3.8, 4) is 6.07 Å². The molecule has 5 nitrogen and oxygen atoms in total. The molecule has 2 rings (SSSR count). The van der Waals surface area contributed by atoms with Crippen LogP contribution in [0.15, 0.2) is 62.7 Å². The molecule has 2 aromatic carbocycles. The molecule has 2 aromatic rings. The van der Waals surface area contributed by atoms with Crippen LogP contribution in [-0.2, 0) is 28.0 Å². The first-order valence-electron chi connectivity index (χ1n) is 6.96. The fourth-order valence-electron chi connectivity index (χ4n) is 1.93. The SMILES string of the molecule is CCc1ccc([SH]=NC(C#N)c2ccc(S(N)(=O)=O)cc2)cc1. The quantitative estimate of drug-likeness (QED) is 0.813. The second-order valence-corrected chi connectivity index (χ2v) is 7.39. The topological polar surface area (TPSA) is 96.3 Å². The molecule has 120 valence electrons. The Bertz CT molecular complexity index is 836. The number of hydrogen-bond acceptors (Lipinski definition) is 4. The lowest BCUT2D eigenvalue weighted by Gasteiger charge is -2.05. The lowest BCUT2D eigenvalue weighted by molar-refractivity contribution is 0.597. The van der Waals surface area contributed by atoms with Gasteiger partial charge in [0.1, 0.15) is 0 Å². The molecule has 0 aliphatic heterocycles. The van der Waals surface area contributed by atoms with Gasteiger partial charge >= 0.3 is 0 Å². The number of nitrogens with two attached hydrogens (primary N) is 1. The summed E-state index contributed by atoms with van der Waals surface area (Å²) >= 11 is 0.699. The molecular formula is C16H17N3O2S2. The first-order valence-corrected chi connectivity index (χ1v) is 9.35. The van der Waals surface area contributed by atoms with E-state index < -0.39 is 16.1 Å². The van der Waals surface area contributed by atoms with Crippen LogP contribution in [0.3, 0.4) is 0 Å². The van der Waals surface area contributed by atoms with Gasteiger partial charge in [0.2, 0.25) is 10.0 Å². The van der Waals surface area contributed by atoms with Crippen LogP contribution >= 0.6 is 0 Å². The van der Waals surface area contributed by atoms with Crippen molar-refractivity contribution in [3.63, 3.8) is 0 Å². The summed E-state index contributed by atoms with van der Waals surface area (Å²) < 4.78 is 26.8. The maximum absolute atomic E-state index is 11.2. The van der Waals surface area contributed by atoms with Crippen LogP contribution in [-0.4, -0.2) is 8.42 Å². The Labute approximate surface area is 140 Å². The second-order valence-electron chi connectivity index (χ2n) is 4.88. The van der Waals surface area contributed by atoms with E-state index >= 15 is 0 Å². The molecule has 0 heterocycles. The second kappa shape index (κ2) is 7.51. The van der Waals surface area contributed by atoms with Crippen molar-refractivity contribution in [1.29, 1.82) is 5.26 Å². The molecule has 0 radical (unpaired) electrons. The Morgan fingerprint density at radius 3 is 2.26 bits per heavy atom. The summed E-state index contributed by atoms with van der Waals surface area (Å²) in [6, 6.07) is 15.4. The predicted molar refractivity (Wildman–Crippen MR) is 91.4 cm³/mol. The van der Waals surface area contributed by atoms with Crippen molar-refractivity contribution in [2.45, 2.75) is 29.2 Å². The average Bonchev–Trinajstić information content (AvgIpc) is 2.55. The molecule has 0 aliphatic carbocycles. The highest BCUT2D eigenvalue weighted by Gasteiger charge is 2.11. The zero-order valence-corrected chi connectivity index (χ0v) is 14.3. The standard InChI is InChI=1S/C16H17N3O2S2/c1-2-12-3-7-14(8-4-12)22-19-16(11-17)13-5-9-15(10-6-13)23(18,20)21/h3-10,16,22H,2H2,1H3,(H2,18,20,21). The first kappa shape index (κ1) is 17.3. The van der Waals surface area contributed by atoms with Crippen LogP contribution in [0.25, 0.3) is 0 Å². The molecule has 0 bridgehead atoms. The molecule has 0 saturated carbocycles. The lowest BCUT2D eigenvalue weighted by Crippen LogP contribution is -2.12. The Kier molecular flexibility index (Phi) is 5.66. The van der Waals surface area contributed by atoms with Crippen LogP contribution in [0.4, 0.5) is 0 Å². The van der Waals surface area contributed by atoms with Gasteiger partial charge in [-0.05, 0) is 41.8 Å². The van der Waals surface area contributed by atoms with Crippen LogP contribution in [0.1, 0.15) is 24.1 Å². The fraction of sp³-hybridized carbons (Fsp3) is 0.188. The minimum absolute atomic E-state index is 0.0191. The van der Waals surface area contributed by atoms with Crippen LogP contribution in [0, 0.1) is 11.3 Å². The molecular weight excluding hydrogens is 330 g/mol. The van der Waals surface area contributed by atoms with E-state index in [1.807, 2.05) is 24.3 Å². The summed E-state index contributed by atoms with van der Waals surface area (Å²) in [5.41, 5.74) is 1.89. The van der Waals surface area contributed by atoms with Gasteiger partial charge in [-0.1, -0.05) is 42.7 Å². The molecule has 23 heavy (non-hydrogen) atoms. The summed E-state index contributed by atoms with van der Waals surface area (Å²) in [5.74, 6) is 0. The number of rotatable bonds is 5. The Morgan fingerprint density at radius 2 is 1.78 bits per heavy atom. The van der Waals surface area contributed by atoms with Gasteiger partial charge in [-0.3, -0.25) is 0 Å². The largest absolute Gasteiger partial charge is 0.240 e. The van der Waals surface area contributed by atoms with Crippen LogP contribution < -0.4 is 5.14 Å². The Hall–Kier alpha value is -2.01. The first-order chi connectivity index (χ1) is 10.9. The fourth-order valence-corrected chi connectivity index (χ4v) is 3.16. The molecule has 2 N–H and O–H groups in total. The minimum Gasteiger partial charge on any atom is -0.240 e. The van der Waals surface area contributed by atoms with E-state index in [4.69, 9.17) is 5.14 Å². The highest BCUT2D eigenvalue weighted by molar-refractivity contribution is 7.89. The van der Waals surface area contributed by atoms with E-state index in [9.17, 15) is 13.7 Å². The van der Waals surface area contributed by atoms with E-state index in [-0.39, 0.29) is 4.90 Å². The summed E-state index contributed by atoms with van der Waals surface area (Å²) in [4.78, 5) is 1.02. The monoisotopic (exact) mass is 347 g/mol. The number of thiol groups is 1. The molecule has 1 unspecified atom stereocenters. The van der Waals surface area contributed by atoms with E-state index in [0.717, 1.165) is 11.3 Å². The summed E-state index contributed by atoms with van der Waals surface area (Å²) in [6.07, 6.45) is 0.978. The Morgan fingerprint density at radius 1 is 1.17 bits per heavy atom. The Balaban J connectivity index is 2.19. The van der Waals surface area contributed by atoms with Gasteiger partial charge in [-0.2, -0.15) is 5.26 Å². The molecule has 0 spiro atoms. The summed E-state index contributed by atoms with van der Waals surface area (Å²) in [5, 5.41) is 14.3. The van der Waals surface area contributed by atoms with Crippen molar-refractivity contribution < 1.29 is 8.42 Å². The third-order valence-electron chi connectivity index (χ3n) is 3.28. The normalized spacial score (nSPS) is 13.3. The number of hydrogen-bond donors (Lipinski definition) is 2. The van der Waals surface area contributed by atoms with Gasteiger partial charge in [-0.15, -0.1) is 0 Å². The van der Waals surface area contributed by atoms with E-state index in [1.165, 1.54) is 17.7 Å². The summed E-state index contributed by atoms with van der Waals surface area (Å²) in [6.45, 7) is 2.09. The molecule has 0 amide bonds. The van der Waals surface area contributed by atoms with Crippen molar-refractivity contribution >= 4 is 21.6 Å². The van der Waals surface area contributed by atoms with Gasteiger partial charge in [0.25, 0.3) is 0 Å². The van der Waals surface area contributed by atoms with E-state index in [2.05, 4.69) is 17.4 Å². The molecule has 0 saturated heterocycles. The molecule has 0 aromatic heterocycles. The van der Waals surface area contributed by atoms with Gasteiger partial charge in [0.15, 0.2) is 6.04 Å². The van der Waals surface area contributed by atoms with E-state index in [1.54, 1.807) is 12.1 Å². The van der Waals surface area contributed by atoms with Crippen LogP contribution in [0.2, 0.25) is 0 Å². The number of primary sulfonamides is 1. The van der Waals surface area contributed by atoms with Gasteiger partial charge in [-0.25, -0.2) is 17.9 Å². The average molecular weight is 347 g/mol. The lowest BCUT2D eigenvalue weighted by atomic mass is 10.1. The van der Waals surface area contributed by atoms with Crippen LogP contribution in [0.5, 0.6) is 0 Å². The zero-order chi connectivity index (χ0) is 16.9. The third kappa shape index (κ3) is 4.73. The number of nitrogens with zero attached hydrogens (tertiary/aromatic N) is 2. The number of sulfonamides is 1. The van der Waals surface area contributed by atoms with Crippen molar-refractivity contribution in [2.75, 3.05) is 0 Å². The van der Waals surface area contributed by atoms with Gasteiger partial charge < -0.3 is 0 Å². The van der Waals surface area contributed by atoms with Crippen molar-refractivity contribution in [1.82, 2.24) is 0 Å². The van der Waals surface area contributed by atoms with Gasteiger partial charge in [0, 0.05) is 4.90 Å². The predicted octanol–water partition coefficient (Wildman–Crippen LogP) is 2.52. The zero-order valence-electron chi connectivity index (χ0n) is 12.5. The maximum Gasteiger partial charge on any atom is 0.238 e.